The number of H-pyrrole nitrogens is 1. The summed E-state index contributed by atoms with van der Waals surface area (Å²) in [4.78, 5) is 26.7. The van der Waals surface area contributed by atoms with Crippen molar-refractivity contribution in [3.63, 3.8) is 0 Å². The highest BCUT2D eigenvalue weighted by Crippen LogP contribution is 2.06. The van der Waals surface area contributed by atoms with Gasteiger partial charge in [0.25, 0.3) is 5.91 Å². The number of hydrogen-bond donors (Lipinski definition) is 4. The van der Waals surface area contributed by atoms with Gasteiger partial charge in [0.1, 0.15) is 24.0 Å². The van der Waals surface area contributed by atoms with E-state index in [4.69, 9.17) is 10.4 Å². The van der Waals surface area contributed by atoms with E-state index in [1.54, 1.807) is 6.07 Å². The number of carbonyl (C=O) groups excluding carboxylic acids is 1. The lowest BCUT2D eigenvalue weighted by Crippen LogP contribution is -2.42. The number of carboxylic acid groups (broad SMARTS) is 1. The van der Waals surface area contributed by atoms with E-state index in [-0.39, 0.29) is 23.9 Å². The molecule has 1 unspecified atom stereocenters. The first-order valence-corrected chi connectivity index (χ1v) is 6.19. The normalized spacial score (nSPS) is 12.6. The van der Waals surface area contributed by atoms with Gasteiger partial charge in [-0.2, -0.15) is 15.3 Å². The lowest BCUT2D eigenvalue weighted by atomic mass is 10.0. The second-order valence-electron chi connectivity index (χ2n) is 4.64. The van der Waals surface area contributed by atoms with Gasteiger partial charge in [0, 0.05) is 6.20 Å². The predicted molar refractivity (Wildman–Crippen MR) is 72.7 cm³/mol. The SMILES string of the molecule is CC(C)CC(NC(=O)/C(C#N)=C\Nc1ncn[nH]1)C(=O)O. The lowest BCUT2D eigenvalue weighted by molar-refractivity contribution is -0.141. The number of carboxylic acids is 1. The van der Waals surface area contributed by atoms with Gasteiger partial charge in [-0.3, -0.25) is 4.79 Å². The number of amides is 1. The molecule has 1 aromatic rings. The van der Waals surface area contributed by atoms with Crippen LogP contribution in [0, 0.1) is 17.2 Å². The molecule has 0 bridgehead atoms. The standard InChI is InChI=1S/C12H16N6O3/c1-7(2)3-9(11(20)21)17-10(19)8(4-13)5-14-12-15-6-16-18-12/h5-7,9H,3H2,1-2H3,(H,17,19)(H,20,21)(H2,14,15,16,18)/b8-5-. The molecule has 0 saturated carbocycles. The summed E-state index contributed by atoms with van der Waals surface area (Å²) in [5.74, 6) is -1.56. The van der Waals surface area contributed by atoms with Crippen molar-refractivity contribution in [3.05, 3.63) is 18.1 Å². The fourth-order valence-electron chi connectivity index (χ4n) is 1.49. The second kappa shape index (κ2) is 7.64. The van der Waals surface area contributed by atoms with E-state index in [1.165, 1.54) is 6.33 Å². The van der Waals surface area contributed by atoms with Crippen LogP contribution in [0.4, 0.5) is 5.95 Å². The zero-order valence-electron chi connectivity index (χ0n) is 11.6. The first-order valence-electron chi connectivity index (χ1n) is 6.19. The number of nitriles is 1. The molecule has 0 saturated heterocycles. The summed E-state index contributed by atoms with van der Waals surface area (Å²) < 4.78 is 0. The maximum Gasteiger partial charge on any atom is 0.326 e. The van der Waals surface area contributed by atoms with Crippen LogP contribution in [-0.2, 0) is 9.59 Å². The van der Waals surface area contributed by atoms with Gasteiger partial charge in [0.15, 0.2) is 0 Å². The summed E-state index contributed by atoms with van der Waals surface area (Å²) in [7, 11) is 0. The van der Waals surface area contributed by atoms with Crippen molar-refractivity contribution in [2.75, 3.05) is 5.32 Å². The lowest BCUT2D eigenvalue weighted by Gasteiger charge is -2.16. The van der Waals surface area contributed by atoms with Crippen molar-refractivity contribution in [1.82, 2.24) is 20.5 Å². The molecule has 4 N–H and O–H groups in total. The molecular formula is C12H16N6O3. The van der Waals surface area contributed by atoms with Gasteiger partial charge in [-0.05, 0) is 12.3 Å². The monoisotopic (exact) mass is 292 g/mol. The maximum atomic E-state index is 11.9. The van der Waals surface area contributed by atoms with Gasteiger partial charge in [-0.1, -0.05) is 13.8 Å². The third-order valence-corrected chi connectivity index (χ3v) is 2.44. The number of aliphatic carboxylic acids is 1. The van der Waals surface area contributed by atoms with E-state index in [0.29, 0.717) is 0 Å². The van der Waals surface area contributed by atoms with Crippen LogP contribution in [0.5, 0.6) is 0 Å². The van der Waals surface area contributed by atoms with Crippen molar-refractivity contribution in [2.24, 2.45) is 5.92 Å². The van der Waals surface area contributed by atoms with Crippen LogP contribution >= 0.6 is 0 Å². The minimum absolute atomic E-state index is 0.0910. The third-order valence-electron chi connectivity index (χ3n) is 2.44. The molecule has 1 amide bonds. The molecule has 21 heavy (non-hydrogen) atoms. The van der Waals surface area contributed by atoms with Gasteiger partial charge in [0.2, 0.25) is 5.95 Å². The molecule has 9 nitrogen and oxygen atoms in total. The third kappa shape index (κ3) is 5.32. The zero-order chi connectivity index (χ0) is 15.8. The number of anilines is 1. The molecule has 0 aliphatic rings. The summed E-state index contributed by atoms with van der Waals surface area (Å²) in [5, 5.41) is 29.0. The number of nitrogens with zero attached hydrogens (tertiary/aromatic N) is 3. The van der Waals surface area contributed by atoms with Crippen LogP contribution in [0.3, 0.4) is 0 Å². The fraction of sp³-hybridized carbons (Fsp3) is 0.417. The molecule has 0 spiro atoms. The van der Waals surface area contributed by atoms with Crippen LogP contribution < -0.4 is 10.6 Å². The molecule has 0 aromatic carbocycles. The summed E-state index contributed by atoms with van der Waals surface area (Å²) >= 11 is 0. The molecular weight excluding hydrogens is 276 g/mol. The molecule has 0 aliphatic heterocycles. The Bertz CT molecular complexity index is 558. The zero-order valence-corrected chi connectivity index (χ0v) is 11.6. The van der Waals surface area contributed by atoms with Crippen LogP contribution in [0.1, 0.15) is 20.3 Å². The van der Waals surface area contributed by atoms with Crippen LogP contribution in [-0.4, -0.2) is 38.2 Å². The minimum Gasteiger partial charge on any atom is -0.480 e. The van der Waals surface area contributed by atoms with Crippen molar-refractivity contribution in [1.29, 1.82) is 5.26 Å². The van der Waals surface area contributed by atoms with Gasteiger partial charge >= 0.3 is 5.97 Å². The topological polar surface area (TPSA) is 144 Å². The van der Waals surface area contributed by atoms with Gasteiger partial charge < -0.3 is 15.7 Å². The van der Waals surface area contributed by atoms with E-state index >= 15 is 0 Å². The van der Waals surface area contributed by atoms with Crippen molar-refractivity contribution < 1.29 is 14.7 Å². The van der Waals surface area contributed by atoms with E-state index < -0.39 is 17.9 Å². The predicted octanol–water partition coefficient (Wildman–Crippen LogP) is 0.240. The Kier molecular flexibility index (Phi) is 5.88. The highest BCUT2D eigenvalue weighted by molar-refractivity contribution is 5.99. The van der Waals surface area contributed by atoms with E-state index in [9.17, 15) is 9.59 Å². The molecule has 1 atom stereocenters. The van der Waals surface area contributed by atoms with Gasteiger partial charge in [-0.25, -0.2) is 9.89 Å². The van der Waals surface area contributed by atoms with Gasteiger partial charge in [-0.15, -0.1) is 0 Å². The number of nitrogens with one attached hydrogen (secondary N) is 3. The molecule has 1 aromatic heterocycles. The Morgan fingerprint density at radius 1 is 1.57 bits per heavy atom. The van der Waals surface area contributed by atoms with Gasteiger partial charge in [0.05, 0.1) is 0 Å². The average Bonchev–Trinajstić information content (AvgIpc) is 2.91. The number of hydrogen-bond acceptors (Lipinski definition) is 6. The van der Waals surface area contributed by atoms with Crippen molar-refractivity contribution in [2.45, 2.75) is 26.3 Å². The molecule has 0 aliphatic carbocycles. The maximum absolute atomic E-state index is 11.9. The Labute approximate surface area is 121 Å². The molecule has 9 heteroatoms. The van der Waals surface area contributed by atoms with E-state index in [2.05, 4.69) is 25.8 Å². The number of carbonyl (C=O) groups is 2. The smallest absolute Gasteiger partial charge is 0.326 e. The second-order valence-corrected chi connectivity index (χ2v) is 4.64. The average molecular weight is 292 g/mol. The summed E-state index contributed by atoms with van der Waals surface area (Å²) in [6.45, 7) is 3.68. The molecule has 112 valence electrons. The Morgan fingerprint density at radius 2 is 2.29 bits per heavy atom. The Morgan fingerprint density at radius 3 is 2.76 bits per heavy atom. The molecule has 1 heterocycles. The fourth-order valence-corrected chi connectivity index (χ4v) is 1.49. The highest BCUT2D eigenvalue weighted by Gasteiger charge is 2.22. The Balaban J connectivity index is 2.71. The minimum atomic E-state index is -1.14. The number of rotatable bonds is 7. The summed E-state index contributed by atoms with van der Waals surface area (Å²) in [6, 6.07) is 0.651. The first-order chi connectivity index (χ1) is 9.93. The summed E-state index contributed by atoms with van der Waals surface area (Å²) in [5.41, 5.74) is -0.263. The van der Waals surface area contributed by atoms with Crippen LogP contribution in [0.2, 0.25) is 0 Å². The van der Waals surface area contributed by atoms with E-state index in [1.807, 2.05) is 13.8 Å². The van der Waals surface area contributed by atoms with E-state index in [0.717, 1.165) is 6.20 Å². The summed E-state index contributed by atoms with van der Waals surface area (Å²) in [6.07, 6.45) is 2.66. The molecule has 0 fully saturated rings. The number of aromatic amines is 1. The van der Waals surface area contributed by atoms with Crippen LogP contribution in [0.15, 0.2) is 18.1 Å². The largest absolute Gasteiger partial charge is 0.480 e. The molecule has 1 rings (SSSR count). The Hall–Kier alpha value is -2.89. The highest BCUT2D eigenvalue weighted by atomic mass is 16.4. The number of aromatic nitrogens is 3. The van der Waals surface area contributed by atoms with Crippen LogP contribution in [0.25, 0.3) is 0 Å². The molecule has 0 radical (unpaired) electrons. The quantitative estimate of drug-likeness (QED) is 0.416. The first kappa shape index (κ1) is 16.2. The van der Waals surface area contributed by atoms with Crippen molar-refractivity contribution in [3.8, 4) is 6.07 Å². The van der Waals surface area contributed by atoms with Crippen molar-refractivity contribution >= 4 is 17.8 Å².